The van der Waals surface area contributed by atoms with Crippen LogP contribution in [0.2, 0.25) is 0 Å². The first-order chi connectivity index (χ1) is 17.7. The quantitative estimate of drug-likeness (QED) is 0.0674. The van der Waals surface area contributed by atoms with E-state index in [0.717, 1.165) is 44.4 Å². The highest BCUT2D eigenvalue weighted by atomic mass is 32.2. The van der Waals surface area contributed by atoms with Gasteiger partial charge in [0.05, 0.1) is 45.1 Å². The van der Waals surface area contributed by atoms with Crippen molar-refractivity contribution in [3.63, 3.8) is 0 Å². The van der Waals surface area contributed by atoms with Crippen LogP contribution in [0.1, 0.15) is 71.1 Å². The highest BCUT2D eigenvalue weighted by Crippen LogP contribution is 2.37. The maximum Gasteiger partial charge on any atom is 0.318 e. The third kappa shape index (κ3) is 12.1. The SMILES string of the molecule is CCCCCCN1C(=O)N[C@H]2CS[C@@H](CCCCC(=O)CCCOCCOCCOCCN=[N+]=[N-])[C@H]21. The molecule has 0 aromatic heterocycles. The second kappa shape index (κ2) is 19.6. The van der Waals surface area contributed by atoms with Gasteiger partial charge in [0.2, 0.25) is 0 Å². The highest BCUT2D eigenvalue weighted by molar-refractivity contribution is 8.00. The molecule has 2 aliphatic heterocycles. The van der Waals surface area contributed by atoms with Gasteiger partial charge < -0.3 is 24.4 Å². The second-order valence-corrected chi connectivity index (χ2v) is 10.6. The Morgan fingerprint density at radius 3 is 2.50 bits per heavy atom. The molecular weight excluding hydrogens is 482 g/mol. The third-order valence-corrected chi connectivity index (χ3v) is 8.04. The van der Waals surface area contributed by atoms with Crippen molar-refractivity contribution in [3.05, 3.63) is 10.4 Å². The number of Topliss-reactive ketones (excluding diaryl/α,β-unsaturated/α-hetero) is 1. The maximum absolute atomic E-state index is 12.4. The Bertz CT molecular complexity index is 679. The van der Waals surface area contributed by atoms with E-state index in [9.17, 15) is 9.59 Å². The molecule has 11 heteroatoms. The topological polar surface area (TPSA) is 126 Å². The lowest BCUT2D eigenvalue weighted by atomic mass is 10.0. The lowest BCUT2D eigenvalue weighted by molar-refractivity contribution is -0.119. The summed E-state index contributed by atoms with van der Waals surface area (Å²) in [4.78, 5) is 29.3. The Kier molecular flexibility index (Phi) is 16.7. The molecule has 0 aromatic rings. The molecular formula is C25H45N5O5S. The zero-order valence-electron chi connectivity index (χ0n) is 21.9. The molecule has 36 heavy (non-hydrogen) atoms. The van der Waals surface area contributed by atoms with Crippen molar-refractivity contribution in [2.24, 2.45) is 5.11 Å². The summed E-state index contributed by atoms with van der Waals surface area (Å²) in [6.07, 6.45) is 9.67. The minimum atomic E-state index is 0.115. The van der Waals surface area contributed by atoms with Crippen LogP contribution in [0.15, 0.2) is 5.11 Å². The fourth-order valence-electron chi connectivity index (χ4n) is 4.68. The van der Waals surface area contributed by atoms with Crippen LogP contribution >= 0.6 is 11.8 Å². The van der Waals surface area contributed by atoms with Crippen molar-refractivity contribution in [2.75, 3.05) is 58.5 Å². The summed E-state index contributed by atoms with van der Waals surface area (Å²) >= 11 is 1.98. The molecule has 0 spiro atoms. The van der Waals surface area contributed by atoms with Gasteiger partial charge in [-0.2, -0.15) is 11.8 Å². The number of urea groups is 1. The largest absolute Gasteiger partial charge is 0.379 e. The summed E-state index contributed by atoms with van der Waals surface area (Å²) in [6.45, 7) is 6.29. The first kappa shape index (κ1) is 30.7. The molecule has 0 aromatic carbocycles. The van der Waals surface area contributed by atoms with Gasteiger partial charge in [0.15, 0.2) is 0 Å². The predicted octanol–water partition coefficient (Wildman–Crippen LogP) is 4.71. The van der Waals surface area contributed by atoms with E-state index in [0.29, 0.717) is 76.1 Å². The number of unbranched alkanes of at least 4 members (excludes halogenated alkanes) is 4. The van der Waals surface area contributed by atoms with Gasteiger partial charge in [-0.15, -0.1) is 0 Å². The number of carbonyl (C=O) groups excluding carboxylic acids is 2. The summed E-state index contributed by atoms with van der Waals surface area (Å²) in [5.74, 6) is 1.31. The Labute approximate surface area is 220 Å². The van der Waals surface area contributed by atoms with Crippen LogP contribution in [0.3, 0.4) is 0 Å². The van der Waals surface area contributed by atoms with E-state index in [2.05, 4.69) is 27.2 Å². The number of rotatable bonds is 23. The summed E-state index contributed by atoms with van der Waals surface area (Å²) < 4.78 is 16.2. The molecule has 3 atom stereocenters. The number of fused-ring (bicyclic) bond motifs is 1. The number of hydrogen-bond acceptors (Lipinski definition) is 7. The molecule has 2 amide bonds. The van der Waals surface area contributed by atoms with Crippen LogP contribution in [-0.2, 0) is 19.0 Å². The van der Waals surface area contributed by atoms with Gasteiger partial charge in [-0.25, -0.2) is 4.79 Å². The van der Waals surface area contributed by atoms with Gasteiger partial charge in [-0.05, 0) is 31.2 Å². The average molecular weight is 528 g/mol. The highest BCUT2D eigenvalue weighted by Gasteiger charge is 2.47. The molecule has 0 radical (unpaired) electrons. The van der Waals surface area contributed by atoms with E-state index in [1.165, 1.54) is 19.3 Å². The normalized spacial score (nSPS) is 20.9. The molecule has 0 unspecified atom stereocenters. The molecule has 0 saturated carbocycles. The number of thioether (sulfide) groups is 1. The fraction of sp³-hybridized carbons (Fsp3) is 0.920. The standard InChI is InChI=1S/C25H45N5O5S/c1-2-3-4-7-13-30-24-22(28-25(30)32)20-36-23(24)11-6-5-9-21(31)10-8-14-33-16-18-35-19-17-34-15-12-27-29-26/h22-24H,2-20H2,1H3,(H,28,32)/t22-,23-,24-/m0/s1. The van der Waals surface area contributed by atoms with Crippen molar-refractivity contribution >= 4 is 23.6 Å². The van der Waals surface area contributed by atoms with Crippen molar-refractivity contribution in [3.8, 4) is 0 Å². The van der Waals surface area contributed by atoms with E-state index >= 15 is 0 Å². The summed E-state index contributed by atoms with van der Waals surface area (Å²) in [5, 5.41) is 7.04. The average Bonchev–Trinajstić information content (AvgIpc) is 3.40. The monoisotopic (exact) mass is 527 g/mol. The van der Waals surface area contributed by atoms with Crippen LogP contribution in [0.25, 0.3) is 10.4 Å². The maximum atomic E-state index is 12.4. The van der Waals surface area contributed by atoms with Gasteiger partial charge >= 0.3 is 6.03 Å². The van der Waals surface area contributed by atoms with Crippen molar-refractivity contribution in [2.45, 2.75) is 88.5 Å². The summed E-state index contributed by atoms with van der Waals surface area (Å²) in [7, 11) is 0. The van der Waals surface area contributed by atoms with Crippen molar-refractivity contribution in [1.29, 1.82) is 0 Å². The fourth-order valence-corrected chi connectivity index (χ4v) is 6.28. The molecule has 2 heterocycles. The molecule has 2 aliphatic rings. The first-order valence-corrected chi connectivity index (χ1v) is 14.7. The number of ether oxygens (including phenoxy) is 3. The number of nitrogens with zero attached hydrogens (tertiary/aromatic N) is 4. The smallest absolute Gasteiger partial charge is 0.318 e. The van der Waals surface area contributed by atoms with Crippen LogP contribution < -0.4 is 5.32 Å². The first-order valence-electron chi connectivity index (χ1n) is 13.6. The third-order valence-electron chi connectivity index (χ3n) is 6.55. The number of carbonyl (C=O) groups is 2. The van der Waals surface area contributed by atoms with Gasteiger partial charge in [-0.1, -0.05) is 37.7 Å². The minimum absolute atomic E-state index is 0.115. The molecule has 1 N–H and O–H groups in total. The van der Waals surface area contributed by atoms with Crippen LogP contribution in [0.5, 0.6) is 0 Å². The van der Waals surface area contributed by atoms with Gasteiger partial charge in [0.1, 0.15) is 5.78 Å². The van der Waals surface area contributed by atoms with Crippen LogP contribution in [0.4, 0.5) is 4.79 Å². The Balaban J connectivity index is 1.44. The minimum Gasteiger partial charge on any atom is -0.379 e. The van der Waals surface area contributed by atoms with Crippen molar-refractivity contribution < 1.29 is 23.8 Å². The lowest BCUT2D eigenvalue weighted by Crippen LogP contribution is -2.41. The zero-order chi connectivity index (χ0) is 25.8. The Morgan fingerprint density at radius 1 is 1.03 bits per heavy atom. The number of nitrogens with one attached hydrogen (secondary N) is 1. The molecule has 206 valence electrons. The van der Waals surface area contributed by atoms with E-state index in [-0.39, 0.29) is 12.1 Å². The van der Waals surface area contributed by atoms with E-state index in [1.54, 1.807) is 0 Å². The molecule has 0 aliphatic carbocycles. The summed E-state index contributed by atoms with van der Waals surface area (Å²) in [6, 6.07) is 0.718. The zero-order valence-corrected chi connectivity index (χ0v) is 22.7. The van der Waals surface area contributed by atoms with Gasteiger partial charge in [-0.3, -0.25) is 4.79 Å². The number of amides is 2. The molecule has 2 saturated heterocycles. The van der Waals surface area contributed by atoms with Crippen molar-refractivity contribution in [1.82, 2.24) is 10.2 Å². The number of hydrogen-bond donors (Lipinski definition) is 1. The predicted molar refractivity (Wildman–Crippen MR) is 142 cm³/mol. The van der Waals surface area contributed by atoms with Gasteiger partial charge in [0.25, 0.3) is 0 Å². The Morgan fingerprint density at radius 2 is 1.75 bits per heavy atom. The second-order valence-electron chi connectivity index (χ2n) is 9.35. The van der Waals surface area contributed by atoms with E-state index < -0.39 is 0 Å². The van der Waals surface area contributed by atoms with E-state index in [1.807, 2.05) is 11.8 Å². The Hall–Kier alpha value is -1.52. The van der Waals surface area contributed by atoms with Crippen LogP contribution in [-0.4, -0.2) is 92.5 Å². The molecule has 2 fully saturated rings. The van der Waals surface area contributed by atoms with Crippen LogP contribution in [0, 0.1) is 0 Å². The van der Waals surface area contributed by atoms with E-state index in [4.69, 9.17) is 19.7 Å². The number of ketones is 1. The summed E-state index contributed by atoms with van der Waals surface area (Å²) in [5.41, 5.74) is 8.15. The van der Waals surface area contributed by atoms with Gasteiger partial charge in [0, 0.05) is 48.5 Å². The lowest BCUT2D eigenvalue weighted by Gasteiger charge is -2.27. The number of azide groups is 1. The molecule has 10 nitrogen and oxygen atoms in total. The molecule has 0 bridgehead atoms. The molecule has 2 rings (SSSR count).